The third kappa shape index (κ3) is 2.64. The smallest absolute Gasteiger partial charge is 0.258 e. The van der Waals surface area contributed by atoms with Crippen LogP contribution in [0.5, 0.6) is 0 Å². The molecule has 0 atom stereocenters. The van der Waals surface area contributed by atoms with Crippen molar-refractivity contribution in [2.75, 3.05) is 0 Å². The zero-order valence-electron chi connectivity index (χ0n) is 11.1. The van der Waals surface area contributed by atoms with Gasteiger partial charge in [-0.2, -0.15) is 5.10 Å². The Morgan fingerprint density at radius 1 is 1.40 bits per heavy atom. The van der Waals surface area contributed by atoms with Gasteiger partial charge in [0.15, 0.2) is 0 Å². The molecule has 5 nitrogen and oxygen atoms in total. The summed E-state index contributed by atoms with van der Waals surface area (Å²) < 4.78 is 1.36. The first kappa shape index (κ1) is 14.8. The highest BCUT2D eigenvalue weighted by atomic mass is 35.5. The molecule has 106 valence electrons. The van der Waals surface area contributed by atoms with Crippen LogP contribution in [-0.2, 0) is 6.42 Å². The molecule has 1 aromatic carbocycles. The molecule has 0 unspecified atom stereocenters. The quantitative estimate of drug-likeness (QED) is 0.622. The van der Waals surface area contributed by atoms with Gasteiger partial charge in [0.05, 0.1) is 10.6 Å². The van der Waals surface area contributed by atoms with E-state index in [-0.39, 0.29) is 10.8 Å². The molecule has 0 aliphatic heterocycles. The van der Waals surface area contributed by atoms with Crippen LogP contribution in [0.3, 0.4) is 0 Å². The number of hydrogen-bond acceptors (Lipinski definition) is 3. The minimum atomic E-state index is -0.493. The summed E-state index contributed by atoms with van der Waals surface area (Å²) >= 11 is 12.2. The van der Waals surface area contributed by atoms with E-state index in [9.17, 15) is 10.1 Å². The van der Waals surface area contributed by atoms with Crippen LogP contribution in [0.4, 0.5) is 5.69 Å². The maximum atomic E-state index is 11.1. The van der Waals surface area contributed by atoms with Gasteiger partial charge >= 0.3 is 5.69 Å². The lowest BCUT2D eigenvalue weighted by Gasteiger charge is -2.04. The third-order valence-electron chi connectivity index (χ3n) is 2.94. The van der Waals surface area contributed by atoms with Crippen molar-refractivity contribution >= 4 is 28.9 Å². The van der Waals surface area contributed by atoms with Crippen molar-refractivity contribution in [1.82, 2.24) is 9.78 Å². The Labute approximate surface area is 126 Å². The molecule has 0 saturated heterocycles. The Balaban J connectivity index is 2.59. The first-order chi connectivity index (χ1) is 9.45. The molecule has 0 aliphatic carbocycles. The number of benzene rings is 1. The molecule has 0 radical (unpaired) electrons. The fourth-order valence-corrected chi connectivity index (χ4v) is 2.39. The second-order valence-electron chi connectivity index (χ2n) is 4.44. The SMILES string of the molecule is CCCc1nn(-c2ccc(C)c(Cl)c2)c(Cl)c1[N+](=O)[O-]. The van der Waals surface area contributed by atoms with Crippen molar-refractivity contribution in [3.8, 4) is 5.69 Å². The number of aryl methyl sites for hydroxylation is 2. The molecular formula is C13H13Cl2N3O2. The predicted octanol–water partition coefficient (Wildman–Crippen LogP) is 4.35. The highest BCUT2D eigenvalue weighted by Gasteiger charge is 2.26. The van der Waals surface area contributed by atoms with Gasteiger partial charge in [-0.05, 0) is 31.0 Å². The van der Waals surface area contributed by atoms with Gasteiger partial charge in [-0.3, -0.25) is 10.1 Å². The minimum Gasteiger partial charge on any atom is -0.258 e. The van der Waals surface area contributed by atoms with Crippen molar-refractivity contribution in [3.05, 3.63) is 49.7 Å². The summed E-state index contributed by atoms with van der Waals surface area (Å²) in [5.41, 5.74) is 1.78. The molecule has 2 aromatic rings. The summed E-state index contributed by atoms with van der Waals surface area (Å²) in [5, 5.41) is 15.9. The highest BCUT2D eigenvalue weighted by molar-refractivity contribution is 6.32. The first-order valence-corrected chi connectivity index (χ1v) is 6.89. The molecule has 7 heteroatoms. The zero-order chi connectivity index (χ0) is 14.9. The van der Waals surface area contributed by atoms with E-state index in [2.05, 4.69) is 5.10 Å². The van der Waals surface area contributed by atoms with Crippen LogP contribution < -0.4 is 0 Å². The summed E-state index contributed by atoms with van der Waals surface area (Å²) in [7, 11) is 0. The van der Waals surface area contributed by atoms with E-state index in [0.29, 0.717) is 22.8 Å². The molecule has 20 heavy (non-hydrogen) atoms. The molecule has 0 saturated carbocycles. The Hall–Kier alpha value is -1.59. The molecule has 0 N–H and O–H groups in total. The average Bonchev–Trinajstić information content (AvgIpc) is 2.70. The number of aromatic nitrogens is 2. The predicted molar refractivity (Wildman–Crippen MR) is 79.0 cm³/mol. The summed E-state index contributed by atoms with van der Waals surface area (Å²) in [6.45, 7) is 3.81. The Morgan fingerprint density at radius 2 is 2.10 bits per heavy atom. The average molecular weight is 314 g/mol. The second-order valence-corrected chi connectivity index (χ2v) is 5.20. The van der Waals surface area contributed by atoms with E-state index in [4.69, 9.17) is 23.2 Å². The number of halogens is 2. The van der Waals surface area contributed by atoms with Crippen LogP contribution in [0.25, 0.3) is 5.69 Å². The van der Waals surface area contributed by atoms with Gasteiger partial charge in [-0.1, -0.05) is 42.6 Å². The molecule has 0 aliphatic rings. The lowest BCUT2D eigenvalue weighted by molar-refractivity contribution is -0.385. The van der Waals surface area contributed by atoms with Gasteiger partial charge in [-0.25, -0.2) is 4.68 Å². The third-order valence-corrected chi connectivity index (χ3v) is 3.69. The first-order valence-electron chi connectivity index (χ1n) is 6.14. The maximum Gasteiger partial charge on any atom is 0.329 e. The van der Waals surface area contributed by atoms with Crippen LogP contribution in [0, 0.1) is 17.0 Å². The topological polar surface area (TPSA) is 61.0 Å². The van der Waals surface area contributed by atoms with Gasteiger partial charge < -0.3 is 0 Å². The van der Waals surface area contributed by atoms with Gasteiger partial charge in [0.25, 0.3) is 0 Å². The van der Waals surface area contributed by atoms with Crippen molar-refractivity contribution < 1.29 is 4.92 Å². The van der Waals surface area contributed by atoms with Crippen LogP contribution in [0.15, 0.2) is 18.2 Å². The molecule has 0 spiro atoms. The Morgan fingerprint density at radius 3 is 2.65 bits per heavy atom. The lowest BCUT2D eigenvalue weighted by Crippen LogP contribution is -1.98. The number of rotatable bonds is 4. The van der Waals surface area contributed by atoms with Crippen LogP contribution in [-0.4, -0.2) is 14.7 Å². The van der Waals surface area contributed by atoms with Crippen LogP contribution in [0.2, 0.25) is 10.2 Å². The Kier molecular flexibility index (Phi) is 4.30. The van der Waals surface area contributed by atoms with E-state index in [1.807, 2.05) is 19.9 Å². The molecule has 0 amide bonds. The lowest BCUT2D eigenvalue weighted by atomic mass is 10.2. The minimum absolute atomic E-state index is 0.00151. The van der Waals surface area contributed by atoms with Crippen LogP contribution in [0.1, 0.15) is 24.6 Å². The summed E-state index contributed by atoms with van der Waals surface area (Å²) in [6.07, 6.45) is 1.26. The van der Waals surface area contributed by atoms with Crippen molar-refractivity contribution in [1.29, 1.82) is 0 Å². The number of nitrogens with zero attached hydrogens (tertiary/aromatic N) is 3. The Bertz CT molecular complexity index is 668. The van der Waals surface area contributed by atoms with Gasteiger partial charge in [0.2, 0.25) is 5.15 Å². The van der Waals surface area contributed by atoms with Crippen molar-refractivity contribution in [2.45, 2.75) is 26.7 Å². The van der Waals surface area contributed by atoms with E-state index in [1.165, 1.54) is 4.68 Å². The monoisotopic (exact) mass is 313 g/mol. The summed E-state index contributed by atoms with van der Waals surface area (Å²) in [6, 6.07) is 5.29. The van der Waals surface area contributed by atoms with Gasteiger partial charge in [-0.15, -0.1) is 0 Å². The largest absolute Gasteiger partial charge is 0.329 e. The van der Waals surface area contributed by atoms with Gasteiger partial charge in [0, 0.05) is 5.02 Å². The molecule has 0 bridgehead atoms. The highest BCUT2D eigenvalue weighted by Crippen LogP contribution is 2.32. The van der Waals surface area contributed by atoms with Gasteiger partial charge in [0.1, 0.15) is 5.69 Å². The van der Waals surface area contributed by atoms with Crippen molar-refractivity contribution in [2.24, 2.45) is 0 Å². The molecular weight excluding hydrogens is 301 g/mol. The molecule has 1 aromatic heterocycles. The summed E-state index contributed by atoms with van der Waals surface area (Å²) in [5.74, 6) is 0. The number of hydrogen-bond donors (Lipinski definition) is 0. The fourth-order valence-electron chi connectivity index (χ4n) is 1.90. The zero-order valence-corrected chi connectivity index (χ0v) is 12.6. The molecule has 0 fully saturated rings. The van der Waals surface area contributed by atoms with Crippen molar-refractivity contribution in [3.63, 3.8) is 0 Å². The van der Waals surface area contributed by atoms with E-state index in [1.54, 1.807) is 12.1 Å². The molecule has 2 rings (SSSR count). The second kappa shape index (κ2) is 5.81. The van der Waals surface area contributed by atoms with Crippen LogP contribution >= 0.6 is 23.2 Å². The van der Waals surface area contributed by atoms with E-state index in [0.717, 1.165) is 12.0 Å². The molecule has 1 heterocycles. The maximum absolute atomic E-state index is 11.1. The fraction of sp³-hybridized carbons (Fsp3) is 0.308. The van der Waals surface area contributed by atoms with E-state index >= 15 is 0 Å². The summed E-state index contributed by atoms with van der Waals surface area (Å²) in [4.78, 5) is 10.6. The standard InChI is InChI=1S/C13H13Cl2N3O2/c1-3-4-11-12(18(19)20)13(15)17(16-11)9-6-5-8(2)10(14)7-9/h5-7H,3-4H2,1-2H3. The normalized spacial score (nSPS) is 10.8. The van der Waals surface area contributed by atoms with E-state index < -0.39 is 4.92 Å². The number of nitro groups is 1.